The number of benzene rings is 1. The molecule has 0 bridgehead atoms. The number of ether oxygens (including phenoxy) is 2. The van der Waals surface area contributed by atoms with Crippen molar-refractivity contribution in [2.24, 2.45) is 0 Å². The molecule has 0 atom stereocenters. The molecule has 0 fully saturated rings. The molecule has 17 heavy (non-hydrogen) atoms. The minimum absolute atomic E-state index is 0.192. The topological polar surface area (TPSA) is 18.5 Å². The van der Waals surface area contributed by atoms with Crippen LogP contribution in [0.5, 0.6) is 5.75 Å². The van der Waals surface area contributed by atoms with Gasteiger partial charge >= 0.3 is 0 Å². The number of hydrogen-bond acceptors (Lipinski definition) is 2. The summed E-state index contributed by atoms with van der Waals surface area (Å²) in [7, 11) is 1.57. The maximum absolute atomic E-state index is 6.18. The number of methoxy groups -OCH3 is 1. The smallest absolute Gasteiger partial charge is 0.188 e. The van der Waals surface area contributed by atoms with Gasteiger partial charge in [-0.15, -0.1) is 6.58 Å². The highest BCUT2D eigenvalue weighted by Crippen LogP contribution is 2.34. The second-order valence-electron chi connectivity index (χ2n) is 3.85. The van der Waals surface area contributed by atoms with E-state index in [2.05, 4.69) is 6.58 Å². The summed E-state index contributed by atoms with van der Waals surface area (Å²) >= 11 is 12.2. The van der Waals surface area contributed by atoms with E-state index in [1.807, 2.05) is 6.92 Å². The predicted molar refractivity (Wildman–Crippen MR) is 72.1 cm³/mol. The van der Waals surface area contributed by atoms with Gasteiger partial charge in [-0.05, 0) is 31.9 Å². The Kier molecular flexibility index (Phi) is 5.83. The summed E-state index contributed by atoms with van der Waals surface area (Å²) in [5, 5.41) is 1.08. The van der Waals surface area contributed by atoms with Crippen LogP contribution in [0.4, 0.5) is 0 Å². The van der Waals surface area contributed by atoms with Gasteiger partial charge in [0.15, 0.2) is 6.79 Å². The van der Waals surface area contributed by atoms with E-state index in [-0.39, 0.29) is 6.79 Å². The van der Waals surface area contributed by atoms with Crippen LogP contribution in [0.3, 0.4) is 0 Å². The zero-order chi connectivity index (χ0) is 12.8. The minimum Gasteiger partial charge on any atom is -0.467 e. The van der Waals surface area contributed by atoms with Gasteiger partial charge in [-0.2, -0.15) is 0 Å². The average Bonchev–Trinajstić information content (AvgIpc) is 2.29. The van der Waals surface area contributed by atoms with Crippen molar-refractivity contribution in [1.82, 2.24) is 0 Å². The van der Waals surface area contributed by atoms with Gasteiger partial charge in [-0.25, -0.2) is 0 Å². The van der Waals surface area contributed by atoms with Crippen molar-refractivity contribution in [2.75, 3.05) is 13.9 Å². The largest absolute Gasteiger partial charge is 0.467 e. The molecule has 0 unspecified atom stereocenters. The molecule has 1 rings (SSSR count). The fourth-order valence-corrected chi connectivity index (χ4v) is 1.83. The Balaban J connectivity index is 2.94. The molecule has 0 aliphatic heterocycles. The fourth-order valence-electron chi connectivity index (χ4n) is 1.40. The van der Waals surface area contributed by atoms with E-state index in [0.717, 1.165) is 24.0 Å². The predicted octanol–water partition coefficient (Wildman–Crippen LogP) is 4.48. The Labute approximate surface area is 112 Å². The number of hydrogen-bond donors (Lipinski definition) is 0. The first-order valence-corrected chi connectivity index (χ1v) is 6.04. The Hall–Kier alpha value is -0.700. The van der Waals surface area contributed by atoms with Gasteiger partial charge in [0.05, 0.1) is 10.0 Å². The average molecular weight is 275 g/mol. The molecule has 94 valence electrons. The lowest BCUT2D eigenvalue weighted by molar-refractivity contribution is 0.0504. The summed E-state index contributed by atoms with van der Waals surface area (Å²) in [6.07, 6.45) is 1.61. The second-order valence-corrected chi connectivity index (χ2v) is 4.63. The molecule has 0 spiro atoms. The van der Waals surface area contributed by atoms with Crippen molar-refractivity contribution in [1.29, 1.82) is 0 Å². The lowest BCUT2D eigenvalue weighted by Gasteiger charge is -2.13. The molecule has 0 saturated heterocycles. The maximum Gasteiger partial charge on any atom is 0.188 e. The molecule has 2 nitrogen and oxygen atoms in total. The van der Waals surface area contributed by atoms with Crippen LogP contribution in [0.15, 0.2) is 24.3 Å². The highest BCUT2D eigenvalue weighted by atomic mass is 35.5. The quantitative estimate of drug-likeness (QED) is 0.562. The lowest BCUT2D eigenvalue weighted by Crippen LogP contribution is -2.02. The van der Waals surface area contributed by atoms with Crippen LogP contribution in [0.25, 0.3) is 0 Å². The molecule has 0 radical (unpaired) electrons. The first kappa shape index (κ1) is 14.4. The molecule has 1 aromatic carbocycles. The zero-order valence-electron chi connectivity index (χ0n) is 10.1. The van der Waals surface area contributed by atoms with Gasteiger partial charge in [-0.1, -0.05) is 28.8 Å². The van der Waals surface area contributed by atoms with Crippen molar-refractivity contribution in [3.05, 3.63) is 39.9 Å². The van der Waals surface area contributed by atoms with Crippen LogP contribution in [0.1, 0.15) is 18.9 Å². The van der Waals surface area contributed by atoms with Crippen molar-refractivity contribution in [2.45, 2.75) is 19.8 Å². The highest BCUT2D eigenvalue weighted by Gasteiger charge is 2.11. The van der Waals surface area contributed by atoms with Crippen LogP contribution in [-0.2, 0) is 11.2 Å². The molecule has 0 saturated carbocycles. The number of rotatable bonds is 6. The Morgan fingerprint density at radius 3 is 2.65 bits per heavy atom. The first-order chi connectivity index (χ1) is 8.06. The summed E-state index contributed by atoms with van der Waals surface area (Å²) in [4.78, 5) is 0. The molecule has 0 heterocycles. The van der Waals surface area contributed by atoms with Crippen LogP contribution in [0.2, 0.25) is 10.0 Å². The molecular weight excluding hydrogens is 259 g/mol. The number of halogens is 2. The van der Waals surface area contributed by atoms with Crippen molar-refractivity contribution >= 4 is 23.2 Å². The van der Waals surface area contributed by atoms with E-state index in [4.69, 9.17) is 32.7 Å². The van der Waals surface area contributed by atoms with Crippen molar-refractivity contribution in [3.8, 4) is 5.75 Å². The van der Waals surface area contributed by atoms with E-state index in [1.165, 1.54) is 0 Å². The van der Waals surface area contributed by atoms with Gasteiger partial charge in [0, 0.05) is 12.7 Å². The normalized spacial score (nSPS) is 10.4. The van der Waals surface area contributed by atoms with Gasteiger partial charge in [-0.3, -0.25) is 0 Å². The van der Waals surface area contributed by atoms with E-state index in [1.54, 1.807) is 19.2 Å². The molecule has 1 aromatic rings. The molecule has 0 amide bonds. The number of allylic oxidation sites excluding steroid dienone is 1. The molecule has 0 aromatic heterocycles. The second kappa shape index (κ2) is 6.90. The Morgan fingerprint density at radius 2 is 2.06 bits per heavy atom. The molecule has 0 aliphatic carbocycles. The third-order valence-corrected chi connectivity index (χ3v) is 3.13. The summed E-state index contributed by atoms with van der Waals surface area (Å²) in [5.74, 6) is 0.711. The third kappa shape index (κ3) is 4.23. The maximum atomic E-state index is 6.18. The van der Waals surface area contributed by atoms with E-state index < -0.39 is 0 Å². The molecular formula is C13H16Cl2O2. The summed E-state index contributed by atoms with van der Waals surface area (Å²) in [6, 6.07) is 3.53. The lowest BCUT2D eigenvalue weighted by atomic mass is 10.1. The van der Waals surface area contributed by atoms with Crippen LogP contribution < -0.4 is 4.74 Å². The summed E-state index contributed by atoms with van der Waals surface area (Å²) in [5.41, 5.74) is 2.00. The molecule has 0 aliphatic rings. The van der Waals surface area contributed by atoms with Crippen LogP contribution in [-0.4, -0.2) is 13.9 Å². The minimum atomic E-state index is 0.192. The van der Waals surface area contributed by atoms with E-state index >= 15 is 0 Å². The third-order valence-electron chi connectivity index (χ3n) is 2.29. The molecule has 4 heteroatoms. The highest BCUT2D eigenvalue weighted by molar-refractivity contribution is 6.42. The first-order valence-electron chi connectivity index (χ1n) is 5.29. The molecule has 0 N–H and O–H groups in total. The standard InChI is InChI=1S/C13H16Cl2O2/c1-9(2)4-5-10-12(17-8-16-3)7-6-11(14)13(10)15/h6-7H,1,4-5,8H2,2-3H3. The van der Waals surface area contributed by atoms with Gasteiger partial charge in [0.1, 0.15) is 5.75 Å². The van der Waals surface area contributed by atoms with Crippen LogP contribution >= 0.6 is 23.2 Å². The SMILES string of the molecule is C=C(C)CCc1c(OCOC)ccc(Cl)c1Cl. The van der Waals surface area contributed by atoms with Crippen molar-refractivity contribution in [3.63, 3.8) is 0 Å². The van der Waals surface area contributed by atoms with Crippen LogP contribution in [0, 0.1) is 0 Å². The van der Waals surface area contributed by atoms with E-state index in [9.17, 15) is 0 Å². The zero-order valence-corrected chi connectivity index (χ0v) is 11.6. The summed E-state index contributed by atoms with van der Waals surface area (Å²) in [6.45, 7) is 6.05. The van der Waals surface area contributed by atoms with Crippen molar-refractivity contribution < 1.29 is 9.47 Å². The Morgan fingerprint density at radius 1 is 1.35 bits per heavy atom. The Bertz CT molecular complexity index is 403. The monoisotopic (exact) mass is 274 g/mol. The van der Waals surface area contributed by atoms with Gasteiger partial charge < -0.3 is 9.47 Å². The fraction of sp³-hybridized carbons (Fsp3) is 0.385. The van der Waals surface area contributed by atoms with Gasteiger partial charge in [0.25, 0.3) is 0 Å². The van der Waals surface area contributed by atoms with E-state index in [0.29, 0.717) is 15.8 Å². The van der Waals surface area contributed by atoms with Gasteiger partial charge in [0.2, 0.25) is 0 Å². The summed E-state index contributed by atoms with van der Waals surface area (Å²) < 4.78 is 10.3.